The molecule has 0 heterocycles. The number of hydrogen-bond acceptors (Lipinski definition) is 3. The molecule has 0 rings (SSSR count). The lowest BCUT2D eigenvalue weighted by atomic mass is 10.3. The monoisotopic (exact) mass is 203 g/mol. The van der Waals surface area contributed by atoms with Gasteiger partial charge in [0.25, 0.3) is 0 Å². The molecule has 0 aromatic carbocycles. The lowest BCUT2D eigenvalue weighted by Gasteiger charge is -2.19. The van der Waals surface area contributed by atoms with E-state index in [9.17, 15) is 10.1 Å². The zero-order valence-corrected chi connectivity index (χ0v) is 9.45. The number of nitrogens with zero attached hydrogens (tertiary/aromatic N) is 1. The first kappa shape index (κ1) is 12.3. The van der Waals surface area contributed by atoms with Crippen LogP contribution in [0.3, 0.4) is 0 Å². The van der Waals surface area contributed by atoms with E-state index in [-0.39, 0.29) is 11.5 Å². The minimum Gasteiger partial charge on any atom is -0.407 e. The Kier molecular flexibility index (Phi) is 4.86. The highest BCUT2D eigenvalue weighted by molar-refractivity contribution is 6.76. The molecule has 0 aliphatic carbocycles. The lowest BCUT2D eigenvalue weighted by Crippen LogP contribution is -2.34. The molecule has 5 heteroatoms. The Labute approximate surface area is 79.9 Å². The second-order valence-corrected chi connectivity index (χ2v) is 7.37. The van der Waals surface area contributed by atoms with Gasteiger partial charge in [-0.1, -0.05) is 12.6 Å². The second-order valence-electron chi connectivity index (χ2n) is 3.47. The van der Waals surface area contributed by atoms with E-state index in [1.165, 1.54) is 0 Å². The average Bonchev–Trinajstić information content (AvgIpc) is 2.05. The van der Waals surface area contributed by atoms with E-state index in [0.29, 0.717) is 6.42 Å². The van der Waals surface area contributed by atoms with Crippen LogP contribution in [0.25, 0.3) is 0 Å². The van der Waals surface area contributed by atoms with Gasteiger partial charge >= 0.3 is 0 Å². The molecule has 0 aliphatic rings. The van der Waals surface area contributed by atoms with E-state index in [1.807, 2.05) is 13.1 Å². The summed E-state index contributed by atoms with van der Waals surface area (Å²) < 4.78 is 5.47. The van der Waals surface area contributed by atoms with E-state index in [1.54, 1.807) is 12.6 Å². The van der Waals surface area contributed by atoms with Crippen molar-refractivity contribution < 1.29 is 9.35 Å². The predicted molar refractivity (Wildman–Crippen MR) is 54.7 cm³/mol. The van der Waals surface area contributed by atoms with Gasteiger partial charge in [0.05, 0.1) is 0 Å². The van der Waals surface area contributed by atoms with Crippen molar-refractivity contribution in [3.8, 4) is 0 Å². The molecule has 0 aromatic heterocycles. The fraction of sp³-hybridized carbons (Fsp3) is 0.750. The van der Waals surface area contributed by atoms with Gasteiger partial charge in [0.2, 0.25) is 14.4 Å². The highest BCUT2D eigenvalue weighted by Crippen LogP contribution is 2.07. The van der Waals surface area contributed by atoms with Crippen LogP contribution >= 0.6 is 0 Å². The van der Waals surface area contributed by atoms with Crippen LogP contribution in [0.5, 0.6) is 0 Å². The Balaban J connectivity index is 3.99. The molecular formula is C8H17NO3Si. The smallest absolute Gasteiger partial charge is 0.234 e. The van der Waals surface area contributed by atoms with Crippen LogP contribution in [0.1, 0.15) is 13.3 Å². The van der Waals surface area contributed by atoms with Gasteiger partial charge in [-0.15, -0.1) is 6.58 Å². The van der Waals surface area contributed by atoms with Crippen molar-refractivity contribution in [2.24, 2.45) is 0 Å². The Morgan fingerprint density at radius 2 is 2.23 bits per heavy atom. The van der Waals surface area contributed by atoms with Gasteiger partial charge in [-0.25, -0.2) is 0 Å². The van der Waals surface area contributed by atoms with Crippen LogP contribution in [0.4, 0.5) is 0 Å². The van der Waals surface area contributed by atoms with Gasteiger partial charge in [-0.3, -0.25) is 10.1 Å². The fourth-order valence-corrected chi connectivity index (χ4v) is 1.44. The molecular weight excluding hydrogens is 186 g/mol. The molecule has 0 bridgehead atoms. The predicted octanol–water partition coefficient (Wildman–Crippen LogP) is 1.99. The summed E-state index contributed by atoms with van der Waals surface area (Å²) in [5.74, 6) is 0. The topological polar surface area (TPSA) is 52.4 Å². The zero-order chi connectivity index (χ0) is 10.5. The zero-order valence-electron chi connectivity index (χ0n) is 8.45. The molecule has 0 aliphatic heterocycles. The minimum absolute atomic E-state index is 0.203. The standard InChI is InChI=1S/C8H17NO3Si/c1-5-8(9(10)11)7-12-13(3,4)6-2/h6,8H,2,5,7H2,1,3-4H3. The van der Waals surface area contributed by atoms with Gasteiger partial charge in [0.15, 0.2) is 0 Å². The summed E-state index contributed by atoms with van der Waals surface area (Å²) in [5.41, 5.74) is 1.78. The maximum Gasteiger partial charge on any atom is 0.234 e. The summed E-state index contributed by atoms with van der Waals surface area (Å²) >= 11 is 0. The Morgan fingerprint density at radius 3 is 2.54 bits per heavy atom. The SMILES string of the molecule is C=C[Si](C)(C)OCC(CC)[N+](=O)[O-]. The number of hydrogen-bond donors (Lipinski definition) is 0. The Bertz CT molecular complexity index is 194. The maximum atomic E-state index is 10.5. The number of rotatable bonds is 6. The molecule has 0 saturated carbocycles. The Hall–Kier alpha value is -0.683. The normalized spacial score (nSPS) is 13.8. The van der Waals surface area contributed by atoms with E-state index in [0.717, 1.165) is 0 Å². The molecule has 0 saturated heterocycles. The molecule has 1 atom stereocenters. The largest absolute Gasteiger partial charge is 0.407 e. The summed E-state index contributed by atoms with van der Waals surface area (Å²) in [6.07, 6.45) is 0.509. The van der Waals surface area contributed by atoms with Crippen molar-refractivity contribution in [1.82, 2.24) is 0 Å². The number of nitro groups is 1. The highest BCUT2D eigenvalue weighted by Gasteiger charge is 2.24. The summed E-state index contributed by atoms with van der Waals surface area (Å²) in [5, 5.41) is 10.5. The van der Waals surface area contributed by atoms with E-state index in [2.05, 4.69) is 6.58 Å². The summed E-state index contributed by atoms with van der Waals surface area (Å²) in [4.78, 5) is 10.2. The van der Waals surface area contributed by atoms with E-state index < -0.39 is 14.4 Å². The summed E-state index contributed by atoms with van der Waals surface area (Å²) in [6, 6.07) is -0.577. The third kappa shape index (κ3) is 4.79. The third-order valence-corrected chi connectivity index (χ3v) is 3.80. The van der Waals surface area contributed by atoms with Gasteiger partial charge < -0.3 is 4.43 Å². The molecule has 76 valence electrons. The molecule has 0 N–H and O–H groups in total. The van der Waals surface area contributed by atoms with Crippen molar-refractivity contribution in [3.63, 3.8) is 0 Å². The molecule has 1 unspecified atom stereocenters. The third-order valence-electron chi connectivity index (χ3n) is 1.91. The van der Waals surface area contributed by atoms with Crippen molar-refractivity contribution in [2.45, 2.75) is 32.5 Å². The molecule has 0 aromatic rings. The second kappa shape index (κ2) is 5.13. The molecule has 0 amide bonds. The van der Waals surface area contributed by atoms with Crippen LogP contribution in [0.15, 0.2) is 12.3 Å². The van der Waals surface area contributed by atoms with E-state index >= 15 is 0 Å². The molecule has 4 nitrogen and oxygen atoms in total. The molecule has 13 heavy (non-hydrogen) atoms. The van der Waals surface area contributed by atoms with Crippen LogP contribution in [0, 0.1) is 10.1 Å². The van der Waals surface area contributed by atoms with Crippen molar-refractivity contribution in [1.29, 1.82) is 0 Å². The highest BCUT2D eigenvalue weighted by atomic mass is 28.4. The van der Waals surface area contributed by atoms with Gasteiger partial charge in [0.1, 0.15) is 6.61 Å². The lowest BCUT2D eigenvalue weighted by molar-refractivity contribution is -0.525. The van der Waals surface area contributed by atoms with Gasteiger partial charge in [0, 0.05) is 11.3 Å². The van der Waals surface area contributed by atoms with Crippen molar-refractivity contribution in [3.05, 3.63) is 22.4 Å². The van der Waals surface area contributed by atoms with Crippen LogP contribution < -0.4 is 0 Å². The minimum atomic E-state index is -1.84. The van der Waals surface area contributed by atoms with Gasteiger partial charge in [-0.2, -0.15) is 0 Å². The molecule has 0 fully saturated rings. The first-order valence-corrected chi connectivity index (χ1v) is 7.32. The first-order chi connectivity index (χ1) is 5.93. The summed E-state index contributed by atoms with van der Waals surface area (Å²) in [7, 11) is -1.84. The van der Waals surface area contributed by atoms with Crippen LogP contribution in [-0.4, -0.2) is 25.9 Å². The van der Waals surface area contributed by atoms with Crippen LogP contribution in [-0.2, 0) is 4.43 Å². The van der Waals surface area contributed by atoms with Crippen molar-refractivity contribution >= 4 is 8.32 Å². The molecule has 0 spiro atoms. The van der Waals surface area contributed by atoms with Crippen molar-refractivity contribution in [2.75, 3.05) is 6.61 Å². The Morgan fingerprint density at radius 1 is 1.69 bits per heavy atom. The van der Waals surface area contributed by atoms with Crippen LogP contribution in [0.2, 0.25) is 13.1 Å². The maximum absolute atomic E-state index is 10.5. The molecule has 0 radical (unpaired) electrons. The van der Waals surface area contributed by atoms with Gasteiger partial charge in [-0.05, 0) is 13.1 Å². The quantitative estimate of drug-likeness (QED) is 0.377. The first-order valence-electron chi connectivity index (χ1n) is 4.34. The summed E-state index contributed by atoms with van der Waals surface area (Å²) in [6.45, 7) is 9.57. The van der Waals surface area contributed by atoms with E-state index in [4.69, 9.17) is 4.43 Å². The fourth-order valence-electron chi connectivity index (χ4n) is 0.698. The average molecular weight is 203 g/mol.